The second-order valence-electron chi connectivity index (χ2n) is 6.34. The maximum Gasteiger partial charge on any atom is 0.228 e. The Balaban J connectivity index is 2.01. The first kappa shape index (κ1) is 17.5. The average molecular weight is 312 g/mol. The van der Waals surface area contributed by atoms with Crippen molar-refractivity contribution < 1.29 is 4.79 Å². The summed E-state index contributed by atoms with van der Waals surface area (Å²) in [4.78, 5) is 16.5. The highest BCUT2D eigenvalue weighted by Crippen LogP contribution is 2.26. The third-order valence-electron chi connectivity index (χ3n) is 4.51. The summed E-state index contributed by atoms with van der Waals surface area (Å²) >= 11 is 0. The summed E-state index contributed by atoms with van der Waals surface area (Å²) in [5, 5.41) is 2.94. The summed E-state index contributed by atoms with van der Waals surface area (Å²) in [6.45, 7) is 6.37. The minimum absolute atomic E-state index is 0.120. The molecule has 0 aliphatic heterocycles. The van der Waals surface area contributed by atoms with E-state index in [0.29, 0.717) is 5.82 Å². The van der Waals surface area contributed by atoms with Gasteiger partial charge in [0.25, 0.3) is 0 Å². The molecule has 1 aromatic rings. The van der Waals surface area contributed by atoms with Gasteiger partial charge >= 0.3 is 0 Å². The Morgan fingerprint density at radius 1 is 1.35 bits per heavy atom. The van der Waals surface area contributed by atoms with Gasteiger partial charge in [-0.2, -0.15) is 0 Å². The van der Waals surface area contributed by atoms with Gasteiger partial charge in [0.2, 0.25) is 5.91 Å². The summed E-state index contributed by atoms with van der Waals surface area (Å²) in [7, 11) is 0. The van der Waals surface area contributed by atoms with Crippen LogP contribution in [-0.4, -0.2) is 10.9 Å². The summed E-state index contributed by atoms with van der Waals surface area (Å²) in [5.74, 6) is 0.942. The molecule has 1 aromatic heterocycles. The number of hydrogen-bond acceptors (Lipinski definition) is 2. The van der Waals surface area contributed by atoms with Crippen molar-refractivity contribution in [3.05, 3.63) is 41.6 Å². The number of pyridine rings is 1. The summed E-state index contributed by atoms with van der Waals surface area (Å²) < 4.78 is 0. The minimum atomic E-state index is 0.120. The second kappa shape index (κ2) is 8.66. The zero-order chi connectivity index (χ0) is 16.7. The standard InChI is InChI=1S/C20H28N2O/c1-4-8-16(5-2)13-15(3)18-11-12-19(21-14-18)22-20(23)17-9-6-7-10-17/h5,11-14,17H,4,6-10H2,1-3H3,(H,21,22,23). The van der Waals surface area contributed by atoms with Crippen molar-refractivity contribution in [3.8, 4) is 0 Å². The van der Waals surface area contributed by atoms with Crippen molar-refractivity contribution in [3.63, 3.8) is 0 Å². The van der Waals surface area contributed by atoms with Crippen LogP contribution in [0.4, 0.5) is 5.82 Å². The van der Waals surface area contributed by atoms with E-state index in [0.717, 1.165) is 31.2 Å². The van der Waals surface area contributed by atoms with Crippen LogP contribution < -0.4 is 5.32 Å². The first-order chi connectivity index (χ1) is 11.1. The Morgan fingerprint density at radius 3 is 2.65 bits per heavy atom. The number of nitrogens with one attached hydrogen (secondary N) is 1. The maximum atomic E-state index is 12.1. The summed E-state index contributed by atoms with van der Waals surface area (Å²) in [6.07, 6.45) is 12.8. The molecule has 124 valence electrons. The molecule has 1 N–H and O–H groups in total. The highest BCUT2D eigenvalue weighted by Gasteiger charge is 2.22. The normalized spacial score (nSPS) is 16.7. The predicted octanol–water partition coefficient (Wildman–Crippen LogP) is 5.36. The minimum Gasteiger partial charge on any atom is -0.310 e. The van der Waals surface area contributed by atoms with Crippen LogP contribution in [0.25, 0.3) is 5.57 Å². The van der Waals surface area contributed by atoms with Gasteiger partial charge in [-0.15, -0.1) is 0 Å². The van der Waals surface area contributed by atoms with Crippen LogP contribution in [0.3, 0.4) is 0 Å². The van der Waals surface area contributed by atoms with Gasteiger partial charge in [-0.25, -0.2) is 4.98 Å². The van der Waals surface area contributed by atoms with Gasteiger partial charge in [0.05, 0.1) is 0 Å². The van der Waals surface area contributed by atoms with Crippen LogP contribution in [0, 0.1) is 5.92 Å². The molecular weight excluding hydrogens is 284 g/mol. The lowest BCUT2D eigenvalue weighted by Gasteiger charge is -2.10. The molecule has 0 aromatic carbocycles. The van der Waals surface area contributed by atoms with Crippen LogP contribution in [0.15, 0.2) is 36.1 Å². The number of carbonyl (C=O) groups excluding carboxylic acids is 1. The van der Waals surface area contributed by atoms with Gasteiger partial charge in [0.15, 0.2) is 0 Å². The summed E-state index contributed by atoms with van der Waals surface area (Å²) in [6, 6.07) is 3.93. The molecule has 0 spiro atoms. The number of carbonyl (C=O) groups is 1. The van der Waals surface area contributed by atoms with E-state index in [-0.39, 0.29) is 11.8 Å². The number of anilines is 1. The quantitative estimate of drug-likeness (QED) is 0.718. The van der Waals surface area contributed by atoms with Gasteiger partial charge in [-0.05, 0) is 56.4 Å². The van der Waals surface area contributed by atoms with Crippen molar-refractivity contribution in [1.29, 1.82) is 0 Å². The number of aromatic nitrogens is 1. The molecule has 0 atom stereocenters. The first-order valence-electron chi connectivity index (χ1n) is 8.74. The van der Waals surface area contributed by atoms with Crippen LogP contribution in [0.1, 0.15) is 64.9 Å². The molecule has 0 bridgehead atoms. The van der Waals surface area contributed by atoms with Gasteiger partial charge in [-0.1, -0.05) is 43.9 Å². The Morgan fingerprint density at radius 2 is 2.09 bits per heavy atom. The molecule has 1 aliphatic carbocycles. The fourth-order valence-corrected chi connectivity index (χ4v) is 3.07. The maximum absolute atomic E-state index is 12.1. The lowest BCUT2D eigenvalue weighted by atomic mass is 10.0. The highest BCUT2D eigenvalue weighted by atomic mass is 16.1. The number of allylic oxidation sites excluding steroid dienone is 4. The molecule has 0 saturated heterocycles. The van der Waals surface area contributed by atoms with E-state index in [1.165, 1.54) is 24.0 Å². The molecular formula is C20H28N2O. The molecule has 0 radical (unpaired) electrons. The van der Waals surface area contributed by atoms with Crippen LogP contribution in [0.5, 0.6) is 0 Å². The second-order valence-corrected chi connectivity index (χ2v) is 6.34. The van der Waals surface area contributed by atoms with Crippen LogP contribution in [0.2, 0.25) is 0 Å². The lowest BCUT2D eigenvalue weighted by molar-refractivity contribution is -0.119. The Kier molecular flexibility index (Phi) is 6.57. The Labute approximate surface area is 139 Å². The fraction of sp³-hybridized carbons (Fsp3) is 0.500. The average Bonchev–Trinajstić information content (AvgIpc) is 3.09. The van der Waals surface area contributed by atoms with Crippen LogP contribution in [-0.2, 0) is 4.79 Å². The van der Waals surface area contributed by atoms with E-state index in [9.17, 15) is 4.79 Å². The van der Waals surface area contributed by atoms with Gasteiger partial charge < -0.3 is 5.32 Å². The lowest BCUT2D eigenvalue weighted by Crippen LogP contribution is -2.20. The Hall–Kier alpha value is -1.90. The third kappa shape index (κ3) is 5.05. The van der Waals surface area contributed by atoms with E-state index in [4.69, 9.17) is 0 Å². The Bertz CT molecular complexity index is 578. The van der Waals surface area contributed by atoms with Gasteiger partial charge in [-0.3, -0.25) is 4.79 Å². The molecule has 23 heavy (non-hydrogen) atoms. The van der Waals surface area contributed by atoms with Crippen molar-refractivity contribution in [2.75, 3.05) is 5.32 Å². The zero-order valence-electron chi connectivity index (χ0n) is 14.6. The van der Waals surface area contributed by atoms with Gasteiger partial charge in [0, 0.05) is 12.1 Å². The molecule has 1 saturated carbocycles. The van der Waals surface area contributed by atoms with Crippen molar-refractivity contribution >= 4 is 17.3 Å². The SMILES string of the molecule is CC=C(C=C(C)c1ccc(NC(=O)C2CCCC2)nc1)CCC. The van der Waals surface area contributed by atoms with Crippen LogP contribution >= 0.6 is 0 Å². The topological polar surface area (TPSA) is 42.0 Å². The van der Waals surface area contributed by atoms with E-state index >= 15 is 0 Å². The van der Waals surface area contributed by atoms with Gasteiger partial charge in [0.1, 0.15) is 5.82 Å². The monoisotopic (exact) mass is 312 g/mol. The molecule has 0 unspecified atom stereocenters. The van der Waals surface area contributed by atoms with Crippen molar-refractivity contribution in [2.45, 2.75) is 59.3 Å². The number of nitrogens with zero attached hydrogens (tertiary/aromatic N) is 1. The number of amides is 1. The predicted molar refractivity (Wildman–Crippen MR) is 97.1 cm³/mol. The fourth-order valence-electron chi connectivity index (χ4n) is 3.07. The molecule has 3 heteroatoms. The molecule has 3 nitrogen and oxygen atoms in total. The first-order valence-corrected chi connectivity index (χ1v) is 8.74. The zero-order valence-corrected chi connectivity index (χ0v) is 14.6. The van der Waals surface area contributed by atoms with Crippen molar-refractivity contribution in [1.82, 2.24) is 4.98 Å². The molecule has 1 heterocycles. The van der Waals surface area contributed by atoms with E-state index in [1.54, 1.807) is 0 Å². The van der Waals surface area contributed by atoms with E-state index in [2.05, 4.69) is 43.2 Å². The van der Waals surface area contributed by atoms with Crippen molar-refractivity contribution in [2.24, 2.45) is 5.92 Å². The molecule has 1 amide bonds. The third-order valence-corrected chi connectivity index (χ3v) is 4.51. The molecule has 1 fully saturated rings. The molecule has 2 rings (SSSR count). The smallest absolute Gasteiger partial charge is 0.228 e. The molecule has 1 aliphatic rings. The number of rotatable bonds is 6. The largest absolute Gasteiger partial charge is 0.310 e. The summed E-state index contributed by atoms with van der Waals surface area (Å²) in [5.41, 5.74) is 3.65. The highest BCUT2D eigenvalue weighted by molar-refractivity contribution is 5.91. The van der Waals surface area contributed by atoms with E-state index < -0.39 is 0 Å². The van der Waals surface area contributed by atoms with E-state index in [1.807, 2.05) is 18.3 Å². The number of hydrogen-bond donors (Lipinski definition) is 1.